The van der Waals surface area contributed by atoms with E-state index >= 15 is 0 Å². The fourth-order valence-electron chi connectivity index (χ4n) is 1.47. The van der Waals surface area contributed by atoms with Gasteiger partial charge in [-0.15, -0.1) is 0 Å². The highest BCUT2D eigenvalue weighted by molar-refractivity contribution is 7.80. The second-order valence-electron chi connectivity index (χ2n) is 4.73. The standard InChI is InChI=1S/C13H21NOS/c1-5-10-6-7-11(14-9-16)8-12(10)15-13(2,3)4/h6-8,14,16H,5,9H2,1-4H3. The van der Waals surface area contributed by atoms with Gasteiger partial charge in [0.1, 0.15) is 11.4 Å². The highest BCUT2D eigenvalue weighted by Crippen LogP contribution is 2.27. The molecule has 0 aliphatic rings. The molecular formula is C13H21NOS. The molecule has 0 atom stereocenters. The highest BCUT2D eigenvalue weighted by atomic mass is 32.1. The summed E-state index contributed by atoms with van der Waals surface area (Å²) in [5.74, 6) is 1.59. The Kier molecular flexibility index (Phi) is 4.54. The van der Waals surface area contributed by atoms with E-state index in [0.29, 0.717) is 5.88 Å². The van der Waals surface area contributed by atoms with Gasteiger partial charge in [-0.05, 0) is 38.8 Å². The lowest BCUT2D eigenvalue weighted by atomic mass is 10.1. The molecule has 0 unspecified atom stereocenters. The summed E-state index contributed by atoms with van der Waals surface area (Å²) in [7, 11) is 0. The Balaban J connectivity index is 2.97. The minimum absolute atomic E-state index is 0.163. The molecule has 1 N–H and O–H groups in total. The van der Waals surface area contributed by atoms with Crippen LogP contribution >= 0.6 is 12.6 Å². The molecule has 0 radical (unpaired) electrons. The van der Waals surface area contributed by atoms with Gasteiger partial charge in [0.05, 0.1) is 5.88 Å². The molecule has 90 valence electrons. The number of benzene rings is 1. The van der Waals surface area contributed by atoms with Crippen molar-refractivity contribution in [2.75, 3.05) is 11.2 Å². The summed E-state index contributed by atoms with van der Waals surface area (Å²) in [5.41, 5.74) is 2.12. The quantitative estimate of drug-likeness (QED) is 0.617. The van der Waals surface area contributed by atoms with E-state index in [1.165, 1.54) is 5.56 Å². The molecule has 0 amide bonds. The van der Waals surface area contributed by atoms with Gasteiger partial charge >= 0.3 is 0 Å². The third kappa shape index (κ3) is 3.97. The molecule has 0 aliphatic heterocycles. The van der Waals surface area contributed by atoms with Crippen molar-refractivity contribution < 1.29 is 4.74 Å². The fraction of sp³-hybridized carbons (Fsp3) is 0.538. The smallest absolute Gasteiger partial charge is 0.125 e. The van der Waals surface area contributed by atoms with Crippen LogP contribution in [0.25, 0.3) is 0 Å². The maximum Gasteiger partial charge on any atom is 0.125 e. The van der Waals surface area contributed by atoms with E-state index in [1.807, 2.05) is 6.07 Å². The zero-order valence-electron chi connectivity index (χ0n) is 10.5. The molecule has 1 rings (SSSR count). The average Bonchev–Trinajstić information content (AvgIpc) is 2.16. The van der Waals surface area contributed by atoms with Crippen molar-refractivity contribution in [3.63, 3.8) is 0 Å². The largest absolute Gasteiger partial charge is 0.488 e. The van der Waals surface area contributed by atoms with Crippen molar-refractivity contribution in [2.45, 2.75) is 39.7 Å². The first-order valence-electron chi connectivity index (χ1n) is 5.63. The Morgan fingerprint density at radius 2 is 2.00 bits per heavy atom. The molecule has 1 aromatic rings. The summed E-state index contributed by atoms with van der Waals surface area (Å²) >= 11 is 4.15. The van der Waals surface area contributed by atoms with E-state index in [4.69, 9.17) is 4.74 Å². The lowest BCUT2D eigenvalue weighted by molar-refractivity contribution is 0.129. The number of aryl methyl sites for hydroxylation is 1. The Labute approximate surface area is 104 Å². The predicted octanol–water partition coefficient (Wildman–Crippen LogP) is 3.73. The molecule has 0 aliphatic carbocycles. The van der Waals surface area contributed by atoms with Crippen LogP contribution in [0.15, 0.2) is 18.2 Å². The minimum atomic E-state index is -0.163. The van der Waals surface area contributed by atoms with Gasteiger partial charge in [-0.3, -0.25) is 0 Å². The number of hydrogen-bond acceptors (Lipinski definition) is 3. The van der Waals surface area contributed by atoms with Crippen LogP contribution in [0.4, 0.5) is 5.69 Å². The normalized spacial score (nSPS) is 11.3. The van der Waals surface area contributed by atoms with E-state index in [1.54, 1.807) is 0 Å². The maximum absolute atomic E-state index is 5.95. The van der Waals surface area contributed by atoms with Crippen molar-refractivity contribution in [1.29, 1.82) is 0 Å². The van der Waals surface area contributed by atoms with Gasteiger partial charge in [0.2, 0.25) is 0 Å². The molecule has 16 heavy (non-hydrogen) atoms. The van der Waals surface area contributed by atoms with Crippen LogP contribution in [0.5, 0.6) is 5.75 Å². The molecule has 0 saturated heterocycles. The second kappa shape index (κ2) is 5.48. The maximum atomic E-state index is 5.95. The number of anilines is 1. The van der Waals surface area contributed by atoms with Crippen molar-refractivity contribution in [3.8, 4) is 5.75 Å². The van der Waals surface area contributed by atoms with Crippen LogP contribution in [0.1, 0.15) is 33.3 Å². The Hall–Kier alpha value is -0.830. The molecule has 3 heteroatoms. The van der Waals surface area contributed by atoms with Crippen LogP contribution in [0.2, 0.25) is 0 Å². The molecule has 0 heterocycles. The second-order valence-corrected chi connectivity index (χ2v) is 5.04. The van der Waals surface area contributed by atoms with Gasteiger partial charge < -0.3 is 10.1 Å². The van der Waals surface area contributed by atoms with Gasteiger partial charge in [-0.2, -0.15) is 12.6 Å². The predicted molar refractivity (Wildman–Crippen MR) is 73.7 cm³/mol. The molecule has 0 fully saturated rings. The molecular weight excluding hydrogens is 218 g/mol. The number of hydrogen-bond donors (Lipinski definition) is 2. The van der Waals surface area contributed by atoms with Crippen LogP contribution < -0.4 is 10.1 Å². The SMILES string of the molecule is CCc1ccc(NCS)cc1OC(C)(C)C. The first-order valence-corrected chi connectivity index (χ1v) is 6.26. The van der Waals surface area contributed by atoms with E-state index in [2.05, 4.69) is 57.8 Å². The Morgan fingerprint density at radius 1 is 1.31 bits per heavy atom. The zero-order chi connectivity index (χ0) is 12.2. The number of ether oxygens (including phenoxy) is 1. The minimum Gasteiger partial charge on any atom is -0.488 e. The van der Waals surface area contributed by atoms with E-state index < -0.39 is 0 Å². The molecule has 2 nitrogen and oxygen atoms in total. The van der Waals surface area contributed by atoms with Crippen molar-refractivity contribution in [2.24, 2.45) is 0 Å². The lowest BCUT2D eigenvalue weighted by Crippen LogP contribution is -2.23. The van der Waals surface area contributed by atoms with Gasteiger partial charge in [0.25, 0.3) is 0 Å². The Bertz CT molecular complexity index is 344. The molecule has 0 bridgehead atoms. The van der Waals surface area contributed by atoms with Crippen molar-refractivity contribution in [3.05, 3.63) is 23.8 Å². The highest BCUT2D eigenvalue weighted by Gasteiger charge is 2.14. The summed E-state index contributed by atoms with van der Waals surface area (Å²) < 4.78 is 5.95. The zero-order valence-corrected chi connectivity index (χ0v) is 11.4. The third-order valence-corrected chi connectivity index (χ3v) is 2.31. The summed E-state index contributed by atoms with van der Waals surface area (Å²) in [6.07, 6.45) is 0.979. The van der Waals surface area contributed by atoms with Crippen molar-refractivity contribution >= 4 is 18.3 Å². The van der Waals surface area contributed by atoms with Crippen molar-refractivity contribution in [1.82, 2.24) is 0 Å². The number of rotatable bonds is 4. The van der Waals surface area contributed by atoms with E-state index in [-0.39, 0.29) is 5.60 Å². The van der Waals surface area contributed by atoms with Gasteiger partial charge in [0, 0.05) is 11.8 Å². The molecule has 0 saturated carbocycles. The number of thiol groups is 1. The van der Waals surface area contributed by atoms with E-state index in [9.17, 15) is 0 Å². The van der Waals surface area contributed by atoms with Gasteiger partial charge in [0.15, 0.2) is 0 Å². The monoisotopic (exact) mass is 239 g/mol. The fourth-order valence-corrected chi connectivity index (χ4v) is 1.66. The van der Waals surface area contributed by atoms with Crippen LogP contribution in [-0.4, -0.2) is 11.5 Å². The summed E-state index contributed by atoms with van der Waals surface area (Å²) in [6, 6.07) is 6.21. The Morgan fingerprint density at radius 3 is 2.50 bits per heavy atom. The third-order valence-electron chi connectivity index (χ3n) is 2.15. The number of nitrogens with one attached hydrogen (secondary N) is 1. The summed E-state index contributed by atoms with van der Waals surface area (Å²) in [6.45, 7) is 8.32. The van der Waals surface area contributed by atoms with Crippen LogP contribution in [0, 0.1) is 0 Å². The first-order chi connectivity index (χ1) is 7.46. The molecule has 0 aromatic heterocycles. The van der Waals surface area contributed by atoms with Crippen LogP contribution in [-0.2, 0) is 6.42 Å². The van der Waals surface area contributed by atoms with Crippen LogP contribution in [0.3, 0.4) is 0 Å². The summed E-state index contributed by atoms with van der Waals surface area (Å²) in [5, 5.41) is 3.17. The first kappa shape index (κ1) is 13.2. The lowest BCUT2D eigenvalue weighted by Gasteiger charge is -2.23. The average molecular weight is 239 g/mol. The molecule has 1 aromatic carbocycles. The van der Waals surface area contributed by atoms with Gasteiger partial charge in [-0.1, -0.05) is 13.0 Å². The van der Waals surface area contributed by atoms with E-state index in [0.717, 1.165) is 17.9 Å². The van der Waals surface area contributed by atoms with Gasteiger partial charge in [-0.25, -0.2) is 0 Å². The topological polar surface area (TPSA) is 21.3 Å². The summed E-state index contributed by atoms with van der Waals surface area (Å²) in [4.78, 5) is 0. The molecule has 0 spiro atoms.